The molecule has 0 aliphatic carbocycles. The van der Waals surface area contributed by atoms with Crippen molar-refractivity contribution in [1.82, 2.24) is 4.57 Å². The highest BCUT2D eigenvalue weighted by Gasteiger charge is 2.16. The highest BCUT2D eigenvalue weighted by atomic mass is 32.1. The summed E-state index contributed by atoms with van der Waals surface area (Å²) in [5.41, 5.74) is 3.30. The SMILES string of the molecule is N=c1sc(/C=C2\C=Nc3ccccc32)c(O)n1-c1ccc(F)cc1. The molecule has 2 heterocycles. The minimum absolute atomic E-state index is 0.0399. The number of hydrogen-bond donors (Lipinski definition) is 2. The Hall–Kier alpha value is -2.99. The minimum atomic E-state index is -0.360. The lowest BCUT2D eigenvalue weighted by Gasteiger charge is -2.04. The van der Waals surface area contributed by atoms with Gasteiger partial charge in [-0.2, -0.15) is 0 Å². The van der Waals surface area contributed by atoms with E-state index < -0.39 is 0 Å². The number of para-hydroxylation sites is 1. The van der Waals surface area contributed by atoms with E-state index >= 15 is 0 Å². The number of allylic oxidation sites excluding steroid dienone is 1. The number of nitrogens with one attached hydrogen (secondary N) is 1. The lowest BCUT2D eigenvalue weighted by atomic mass is 10.1. The Balaban J connectivity index is 1.81. The topological polar surface area (TPSA) is 61.4 Å². The number of rotatable bonds is 2. The van der Waals surface area contributed by atoms with E-state index in [0.717, 1.165) is 28.2 Å². The standard InChI is InChI=1S/C18H12FN3OS/c19-12-5-7-13(8-6-12)22-17(23)16(24-18(22)20)9-11-10-21-15-4-2-1-3-14(11)15/h1-10,20,23H/b11-9+,20-18?. The number of benzene rings is 2. The quantitative estimate of drug-likeness (QED) is 0.726. The molecule has 4 rings (SSSR count). The summed E-state index contributed by atoms with van der Waals surface area (Å²) < 4.78 is 14.5. The zero-order chi connectivity index (χ0) is 16.7. The van der Waals surface area contributed by atoms with Crippen LogP contribution < -0.4 is 4.80 Å². The van der Waals surface area contributed by atoms with Crippen LogP contribution in [0, 0.1) is 11.2 Å². The van der Waals surface area contributed by atoms with Crippen molar-refractivity contribution in [2.75, 3.05) is 0 Å². The number of aliphatic imine (C=N–C) groups is 1. The van der Waals surface area contributed by atoms with Crippen molar-refractivity contribution >= 4 is 34.9 Å². The molecule has 2 aromatic carbocycles. The van der Waals surface area contributed by atoms with Gasteiger partial charge in [0.2, 0.25) is 5.88 Å². The summed E-state index contributed by atoms with van der Waals surface area (Å²) in [5.74, 6) is -0.399. The van der Waals surface area contributed by atoms with E-state index in [2.05, 4.69) is 4.99 Å². The molecule has 1 aliphatic rings. The van der Waals surface area contributed by atoms with Crippen LogP contribution in [0.5, 0.6) is 5.88 Å². The Kier molecular flexibility index (Phi) is 3.39. The van der Waals surface area contributed by atoms with E-state index in [1.165, 1.54) is 28.8 Å². The molecule has 0 radical (unpaired) electrons. The highest BCUT2D eigenvalue weighted by Crippen LogP contribution is 2.34. The van der Waals surface area contributed by atoms with Gasteiger partial charge >= 0.3 is 0 Å². The molecule has 0 unspecified atom stereocenters. The number of halogens is 1. The van der Waals surface area contributed by atoms with Gasteiger partial charge in [0, 0.05) is 17.4 Å². The molecular weight excluding hydrogens is 325 g/mol. The fourth-order valence-corrected chi connectivity index (χ4v) is 3.48. The van der Waals surface area contributed by atoms with Gasteiger partial charge in [0.25, 0.3) is 0 Å². The smallest absolute Gasteiger partial charge is 0.215 e. The molecule has 0 amide bonds. The first kappa shape index (κ1) is 14.6. The third-order valence-electron chi connectivity index (χ3n) is 3.77. The van der Waals surface area contributed by atoms with Crippen LogP contribution in [0.1, 0.15) is 10.4 Å². The predicted octanol–water partition coefficient (Wildman–Crippen LogP) is 4.12. The second kappa shape index (κ2) is 5.58. The minimum Gasteiger partial charge on any atom is -0.493 e. The Morgan fingerprint density at radius 1 is 1.12 bits per heavy atom. The molecule has 3 aromatic rings. The lowest BCUT2D eigenvalue weighted by molar-refractivity contribution is 0.438. The first-order chi connectivity index (χ1) is 11.6. The van der Waals surface area contributed by atoms with Gasteiger partial charge in [0.15, 0.2) is 4.80 Å². The van der Waals surface area contributed by atoms with Crippen LogP contribution in [-0.4, -0.2) is 15.9 Å². The normalized spacial score (nSPS) is 14.3. The number of aromatic nitrogens is 1. The van der Waals surface area contributed by atoms with Crippen molar-refractivity contribution in [3.8, 4) is 11.6 Å². The molecule has 0 bridgehead atoms. The molecule has 1 aromatic heterocycles. The number of thiazole rings is 1. The van der Waals surface area contributed by atoms with Crippen LogP contribution >= 0.6 is 11.3 Å². The molecule has 0 fully saturated rings. The van der Waals surface area contributed by atoms with Crippen LogP contribution in [0.3, 0.4) is 0 Å². The molecule has 2 N–H and O–H groups in total. The molecule has 1 aliphatic heterocycles. The molecule has 6 heteroatoms. The van der Waals surface area contributed by atoms with E-state index in [9.17, 15) is 9.50 Å². The van der Waals surface area contributed by atoms with Crippen LogP contribution in [0.2, 0.25) is 0 Å². The monoisotopic (exact) mass is 337 g/mol. The molecule has 118 valence electrons. The average Bonchev–Trinajstić information content (AvgIpc) is 3.11. The van der Waals surface area contributed by atoms with E-state index in [1.54, 1.807) is 6.21 Å². The number of hydrogen-bond acceptors (Lipinski definition) is 4. The van der Waals surface area contributed by atoms with Crippen molar-refractivity contribution < 1.29 is 9.50 Å². The van der Waals surface area contributed by atoms with Crippen molar-refractivity contribution in [2.24, 2.45) is 4.99 Å². The van der Waals surface area contributed by atoms with Gasteiger partial charge in [-0.3, -0.25) is 15.0 Å². The van der Waals surface area contributed by atoms with Crippen LogP contribution in [-0.2, 0) is 0 Å². The second-order valence-electron chi connectivity index (χ2n) is 5.28. The van der Waals surface area contributed by atoms with Crippen LogP contribution in [0.15, 0.2) is 53.5 Å². The van der Waals surface area contributed by atoms with Crippen LogP contribution in [0.25, 0.3) is 17.3 Å². The van der Waals surface area contributed by atoms with E-state index in [-0.39, 0.29) is 16.5 Å². The van der Waals surface area contributed by atoms with Crippen molar-refractivity contribution in [1.29, 1.82) is 5.41 Å². The van der Waals surface area contributed by atoms with Gasteiger partial charge in [0.05, 0.1) is 16.3 Å². The Morgan fingerprint density at radius 3 is 2.67 bits per heavy atom. The van der Waals surface area contributed by atoms with Crippen molar-refractivity contribution in [3.05, 3.63) is 69.6 Å². The third-order valence-corrected chi connectivity index (χ3v) is 4.67. The van der Waals surface area contributed by atoms with Gasteiger partial charge in [-0.15, -0.1) is 0 Å². The zero-order valence-corrected chi connectivity index (χ0v) is 13.2. The summed E-state index contributed by atoms with van der Waals surface area (Å²) in [6.45, 7) is 0. The zero-order valence-electron chi connectivity index (χ0n) is 12.4. The molecule has 0 spiro atoms. The summed E-state index contributed by atoms with van der Waals surface area (Å²) in [4.78, 5) is 5.06. The number of fused-ring (bicyclic) bond motifs is 1. The Bertz CT molecular complexity index is 1040. The molecule has 24 heavy (non-hydrogen) atoms. The van der Waals surface area contributed by atoms with Crippen LogP contribution in [0.4, 0.5) is 10.1 Å². The maximum absolute atomic E-state index is 13.1. The van der Waals surface area contributed by atoms with Crippen molar-refractivity contribution in [2.45, 2.75) is 0 Å². The maximum Gasteiger partial charge on any atom is 0.215 e. The van der Waals surface area contributed by atoms with Gasteiger partial charge < -0.3 is 5.11 Å². The van der Waals surface area contributed by atoms with Gasteiger partial charge in [-0.25, -0.2) is 4.39 Å². The Morgan fingerprint density at radius 2 is 1.88 bits per heavy atom. The first-order valence-corrected chi connectivity index (χ1v) is 8.05. The first-order valence-electron chi connectivity index (χ1n) is 7.24. The largest absolute Gasteiger partial charge is 0.493 e. The predicted molar refractivity (Wildman–Crippen MR) is 93.6 cm³/mol. The van der Waals surface area contributed by atoms with Gasteiger partial charge in [-0.1, -0.05) is 29.5 Å². The summed E-state index contributed by atoms with van der Waals surface area (Å²) in [5, 5.41) is 18.6. The maximum atomic E-state index is 13.1. The van der Waals surface area contributed by atoms with E-state index in [1.807, 2.05) is 30.3 Å². The molecule has 0 atom stereocenters. The van der Waals surface area contributed by atoms with E-state index in [4.69, 9.17) is 5.41 Å². The third kappa shape index (κ3) is 2.37. The average molecular weight is 337 g/mol. The Labute approximate surface area is 141 Å². The molecule has 0 saturated heterocycles. The summed E-state index contributed by atoms with van der Waals surface area (Å²) in [6.07, 6.45) is 3.56. The highest BCUT2D eigenvalue weighted by molar-refractivity contribution is 7.10. The number of nitrogens with zero attached hydrogens (tertiary/aromatic N) is 2. The van der Waals surface area contributed by atoms with Gasteiger partial charge in [-0.05, 0) is 36.4 Å². The number of aromatic hydroxyl groups is 1. The summed E-state index contributed by atoms with van der Waals surface area (Å²) in [7, 11) is 0. The van der Waals surface area contributed by atoms with Gasteiger partial charge in [0.1, 0.15) is 5.82 Å². The van der Waals surface area contributed by atoms with Crippen molar-refractivity contribution in [3.63, 3.8) is 0 Å². The fourth-order valence-electron chi connectivity index (χ4n) is 2.62. The second-order valence-corrected chi connectivity index (χ2v) is 6.31. The molecular formula is C18H12FN3OS. The summed E-state index contributed by atoms with van der Waals surface area (Å²) in [6, 6.07) is 13.4. The molecule has 4 nitrogen and oxygen atoms in total. The van der Waals surface area contributed by atoms with E-state index in [0.29, 0.717) is 10.6 Å². The lowest BCUT2D eigenvalue weighted by Crippen LogP contribution is -2.09. The fraction of sp³-hybridized carbons (Fsp3) is 0. The summed E-state index contributed by atoms with van der Waals surface area (Å²) >= 11 is 1.15. The molecule has 0 saturated carbocycles.